The summed E-state index contributed by atoms with van der Waals surface area (Å²) in [6.45, 7) is 3.58. The summed E-state index contributed by atoms with van der Waals surface area (Å²) in [7, 11) is 0. The fourth-order valence-electron chi connectivity index (χ4n) is 4.76. The third-order valence-electron chi connectivity index (χ3n) is 5.91. The van der Waals surface area contributed by atoms with Gasteiger partial charge in [-0.25, -0.2) is 0 Å². The highest BCUT2D eigenvalue weighted by Crippen LogP contribution is 2.48. The Balaban J connectivity index is 1.63. The van der Waals surface area contributed by atoms with Gasteiger partial charge in [0.15, 0.2) is 0 Å². The van der Waals surface area contributed by atoms with Gasteiger partial charge in [0.25, 0.3) is 5.56 Å². The number of pyridine rings is 1. The number of hydrogen-bond acceptors (Lipinski definition) is 3. The zero-order valence-electron chi connectivity index (χ0n) is 15.4. The number of nitrogens with one attached hydrogen (secondary N) is 1. The van der Waals surface area contributed by atoms with E-state index in [0.29, 0.717) is 17.0 Å². The smallest absolute Gasteiger partial charge is 0.258 e. The average Bonchev–Trinajstić information content (AvgIpc) is 3.20. The van der Waals surface area contributed by atoms with Crippen LogP contribution in [0.15, 0.2) is 35.3 Å². The van der Waals surface area contributed by atoms with E-state index in [1.54, 1.807) is 32.2 Å². The van der Waals surface area contributed by atoms with Crippen LogP contribution in [0, 0.1) is 17.8 Å². The van der Waals surface area contributed by atoms with Crippen molar-refractivity contribution >= 4 is 22.4 Å². The molecule has 5 heteroatoms. The van der Waals surface area contributed by atoms with E-state index in [1.165, 1.54) is 23.8 Å². The minimum Gasteiger partial charge on any atom is -0.389 e. The number of rotatable bonds is 4. The lowest BCUT2D eigenvalue weighted by Gasteiger charge is -2.22. The topological polar surface area (TPSA) is 71.3 Å². The standard InChI is InChI=1S/C21H26N2O3/c1-21(2,26)12-23-9-8-15-16(20(23)25)4-3-5-18(15)22-19(24)17-11-13-6-7-14(17)10-13/h3-5,8-9,13-14,17,26H,6-7,10-12H2,1-2H3,(H,22,24)/t13-,14+,17?/m0/s1. The third kappa shape index (κ3) is 3.16. The summed E-state index contributed by atoms with van der Waals surface area (Å²) >= 11 is 0. The fourth-order valence-corrected chi connectivity index (χ4v) is 4.76. The molecule has 2 saturated carbocycles. The van der Waals surface area contributed by atoms with Gasteiger partial charge in [-0.3, -0.25) is 9.59 Å². The van der Waals surface area contributed by atoms with Crippen molar-refractivity contribution in [2.75, 3.05) is 5.32 Å². The van der Waals surface area contributed by atoms with Gasteiger partial charge < -0.3 is 15.0 Å². The predicted molar refractivity (Wildman–Crippen MR) is 102 cm³/mol. The highest BCUT2D eigenvalue weighted by atomic mass is 16.3. The van der Waals surface area contributed by atoms with Crippen LogP contribution in [-0.2, 0) is 11.3 Å². The van der Waals surface area contributed by atoms with Crippen molar-refractivity contribution in [2.24, 2.45) is 17.8 Å². The number of nitrogens with zero attached hydrogens (tertiary/aromatic N) is 1. The summed E-state index contributed by atoms with van der Waals surface area (Å²) in [5.41, 5.74) is -0.422. The molecule has 138 valence electrons. The number of hydrogen-bond donors (Lipinski definition) is 2. The van der Waals surface area contributed by atoms with Crippen LogP contribution in [0.25, 0.3) is 10.8 Å². The molecule has 1 aromatic carbocycles. The second-order valence-corrected chi connectivity index (χ2v) is 8.60. The first-order chi connectivity index (χ1) is 12.3. The first-order valence-corrected chi connectivity index (χ1v) is 9.47. The maximum Gasteiger partial charge on any atom is 0.258 e. The first kappa shape index (κ1) is 17.3. The van der Waals surface area contributed by atoms with Crippen molar-refractivity contribution in [3.63, 3.8) is 0 Å². The molecular formula is C21H26N2O3. The number of amides is 1. The van der Waals surface area contributed by atoms with E-state index >= 15 is 0 Å². The molecule has 1 amide bonds. The summed E-state index contributed by atoms with van der Waals surface area (Å²) in [6.07, 6.45) is 6.31. The van der Waals surface area contributed by atoms with Gasteiger partial charge in [0, 0.05) is 28.6 Å². The second-order valence-electron chi connectivity index (χ2n) is 8.60. The quantitative estimate of drug-likeness (QED) is 0.886. The summed E-state index contributed by atoms with van der Waals surface area (Å²) in [4.78, 5) is 25.5. The van der Waals surface area contributed by atoms with Crippen LogP contribution < -0.4 is 10.9 Å². The SMILES string of the molecule is CC(C)(O)Cn1ccc2c(NC(=O)C3C[C@H]4CC[C@@H]3C4)cccc2c1=O. The molecule has 2 fully saturated rings. The number of benzene rings is 1. The minimum atomic E-state index is -0.967. The van der Waals surface area contributed by atoms with Gasteiger partial charge in [-0.15, -0.1) is 0 Å². The van der Waals surface area contributed by atoms with E-state index in [-0.39, 0.29) is 23.9 Å². The summed E-state index contributed by atoms with van der Waals surface area (Å²) < 4.78 is 1.52. The molecule has 1 heterocycles. The largest absolute Gasteiger partial charge is 0.389 e. The number of fused-ring (bicyclic) bond motifs is 3. The van der Waals surface area contributed by atoms with Crippen LogP contribution in [0.1, 0.15) is 39.5 Å². The van der Waals surface area contributed by atoms with Gasteiger partial charge in [0.1, 0.15) is 0 Å². The van der Waals surface area contributed by atoms with E-state index in [4.69, 9.17) is 0 Å². The Labute approximate surface area is 153 Å². The Morgan fingerprint density at radius 2 is 2.04 bits per heavy atom. The maximum atomic E-state index is 12.8. The van der Waals surface area contributed by atoms with Crippen molar-refractivity contribution in [3.8, 4) is 0 Å². The van der Waals surface area contributed by atoms with Crippen molar-refractivity contribution in [1.29, 1.82) is 0 Å². The Morgan fingerprint density at radius 1 is 1.23 bits per heavy atom. The molecule has 1 aromatic heterocycles. The van der Waals surface area contributed by atoms with E-state index in [1.807, 2.05) is 12.1 Å². The van der Waals surface area contributed by atoms with Gasteiger partial charge >= 0.3 is 0 Å². The van der Waals surface area contributed by atoms with Gasteiger partial charge in [-0.05, 0) is 63.1 Å². The fraction of sp³-hybridized carbons (Fsp3) is 0.524. The Hall–Kier alpha value is -2.14. The molecule has 2 N–H and O–H groups in total. The van der Waals surface area contributed by atoms with Crippen LogP contribution in [0.5, 0.6) is 0 Å². The minimum absolute atomic E-state index is 0.0883. The molecule has 2 aliphatic rings. The number of anilines is 1. The summed E-state index contributed by atoms with van der Waals surface area (Å²) in [5, 5.41) is 14.4. The highest BCUT2D eigenvalue weighted by molar-refractivity contribution is 6.02. The second kappa shape index (κ2) is 6.23. The van der Waals surface area contributed by atoms with Crippen molar-refractivity contribution in [3.05, 3.63) is 40.8 Å². The van der Waals surface area contributed by atoms with Crippen LogP contribution in [0.4, 0.5) is 5.69 Å². The Bertz CT molecular complexity index is 910. The number of aliphatic hydroxyl groups is 1. The van der Waals surface area contributed by atoms with Gasteiger partial charge in [-0.2, -0.15) is 0 Å². The lowest BCUT2D eigenvalue weighted by atomic mass is 9.88. The number of carbonyl (C=O) groups excluding carboxylic acids is 1. The van der Waals surface area contributed by atoms with E-state index < -0.39 is 5.60 Å². The van der Waals surface area contributed by atoms with E-state index in [9.17, 15) is 14.7 Å². The zero-order chi connectivity index (χ0) is 18.5. The molecular weight excluding hydrogens is 328 g/mol. The lowest BCUT2D eigenvalue weighted by Crippen LogP contribution is -2.32. The molecule has 1 unspecified atom stereocenters. The normalized spacial score (nSPS) is 25.0. The first-order valence-electron chi connectivity index (χ1n) is 9.47. The van der Waals surface area contributed by atoms with Crippen LogP contribution in [-0.4, -0.2) is 21.2 Å². The van der Waals surface area contributed by atoms with Crippen molar-refractivity contribution < 1.29 is 9.90 Å². The molecule has 5 nitrogen and oxygen atoms in total. The highest BCUT2D eigenvalue weighted by Gasteiger charge is 2.43. The molecule has 4 rings (SSSR count). The van der Waals surface area contributed by atoms with E-state index in [0.717, 1.165) is 17.7 Å². The molecule has 0 radical (unpaired) electrons. The third-order valence-corrected chi connectivity index (χ3v) is 5.91. The Morgan fingerprint density at radius 3 is 2.69 bits per heavy atom. The van der Waals surface area contributed by atoms with Gasteiger partial charge in [-0.1, -0.05) is 12.5 Å². The molecule has 26 heavy (non-hydrogen) atoms. The van der Waals surface area contributed by atoms with Crippen LogP contribution >= 0.6 is 0 Å². The van der Waals surface area contributed by atoms with Gasteiger partial charge in [0.2, 0.25) is 5.91 Å². The molecule has 2 aromatic rings. The monoisotopic (exact) mass is 354 g/mol. The lowest BCUT2D eigenvalue weighted by molar-refractivity contribution is -0.121. The van der Waals surface area contributed by atoms with E-state index in [2.05, 4.69) is 5.32 Å². The molecule has 0 saturated heterocycles. The molecule has 0 spiro atoms. The molecule has 3 atom stereocenters. The Kier molecular flexibility index (Phi) is 4.14. The predicted octanol–water partition coefficient (Wildman–Crippen LogP) is 3.15. The zero-order valence-corrected chi connectivity index (χ0v) is 15.4. The van der Waals surface area contributed by atoms with Crippen molar-refractivity contribution in [1.82, 2.24) is 4.57 Å². The maximum absolute atomic E-state index is 12.8. The molecule has 2 bridgehead atoms. The van der Waals surface area contributed by atoms with Crippen LogP contribution in [0.3, 0.4) is 0 Å². The van der Waals surface area contributed by atoms with Crippen molar-refractivity contribution in [2.45, 2.75) is 51.7 Å². The molecule has 2 aliphatic carbocycles. The molecule has 0 aliphatic heterocycles. The number of aromatic nitrogens is 1. The summed E-state index contributed by atoms with van der Waals surface area (Å²) in [5.74, 6) is 1.45. The average molecular weight is 354 g/mol. The number of carbonyl (C=O) groups is 1. The van der Waals surface area contributed by atoms with Crippen LogP contribution in [0.2, 0.25) is 0 Å². The van der Waals surface area contributed by atoms with Gasteiger partial charge in [0.05, 0.1) is 12.1 Å². The summed E-state index contributed by atoms with van der Waals surface area (Å²) in [6, 6.07) is 7.27.